The molecule has 1 atom stereocenters. The number of nitrogens with one attached hydrogen (secondary N) is 1. The second-order valence-electron chi connectivity index (χ2n) is 7.20. The predicted octanol–water partition coefficient (Wildman–Crippen LogP) is 2.92. The van der Waals surface area contributed by atoms with Gasteiger partial charge in [-0.2, -0.15) is 5.10 Å². The van der Waals surface area contributed by atoms with E-state index < -0.39 is 0 Å². The molecule has 1 saturated heterocycles. The zero-order valence-electron chi connectivity index (χ0n) is 15.5. The maximum absolute atomic E-state index is 13.2. The van der Waals surface area contributed by atoms with Crippen molar-refractivity contribution in [2.24, 2.45) is 0 Å². The van der Waals surface area contributed by atoms with Gasteiger partial charge in [-0.15, -0.1) is 12.4 Å². The number of rotatable bonds is 3. The summed E-state index contributed by atoms with van der Waals surface area (Å²) in [6, 6.07) is 8.66. The van der Waals surface area contributed by atoms with E-state index in [0.29, 0.717) is 11.7 Å². The van der Waals surface area contributed by atoms with Crippen molar-refractivity contribution in [1.82, 2.24) is 20.0 Å². The topological polar surface area (TPSA) is 50.2 Å². The van der Waals surface area contributed by atoms with Crippen LogP contribution in [0, 0.1) is 6.92 Å². The van der Waals surface area contributed by atoms with Gasteiger partial charge in [0.2, 0.25) is 0 Å². The molecule has 0 bridgehead atoms. The Labute approximate surface area is 161 Å². The van der Waals surface area contributed by atoms with Gasteiger partial charge in [0.1, 0.15) is 0 Å². The quantitative estimate of drug-likeness (QED) is 0.898. The number of hydrogen-bond acceptors (Lipinski definition) is 3. The summed E-state index contributed by atoms with van der Waals surface area (Å²) in [6.45, 7) is 3.71. The number of likely N-dealkylation sites (tertiary alicyclic amines) is 1. The van der Waals surface area contributed by atoms with E-state index in [-0.39, 0.29) is 18.3 Å². The predicted molar refractivity (Wildman–Crippen MR) is 106 cm³/mol. The minimum absolute atomic E-state index is 0. The maximum atomic E-state index is 13.2. The molecule has 4 rings (SSSR count). The number of carbonyl (C=O) groups is 1. The van der Waals surface area contributed by atoms with Crippen LogP contribution in [0.4, 0.5) is 0 Å². The number of para-hydroxylation sites is 1. The van der Waals surface area contributed by atoms with Crippen LogP contribution in [-0.2, 0) is 12.8 Å². The first-order valence-electron chi connectivity index (χ1n) is 9.32. The Morgan fingerprint density at radius 2 is 2.04 bits per heavy atom. The Hall–Kier alpha value is -1.85. The third-order valence-corrected chi connectivity index (χ3v) is 5.59. The number of aryl methyl sites for hydroxylation is 1. The van der Waals surface area contributed by atoms with E-state index in [1.54, 1.807) is 0 Å². The molecule has 0 radical (unpaired) electrons. The number of benzene rings is 1. The Bertz CT molecular complexity index is 801. The molecule has 1 aliphatic heterocycles. The van der Waals surface area contributed by atoms with E-state index in [9.17, 15) is 4.79 Å². The van der Waals surface area contributed by atoms with Crippen LogP contribution in [-0.4, -0.2) is 46.8 Å². The fourth-order valence-electron chi connectivity index (χ4n) is 4.16. The van der Waals surface area contributed by atoms with Crippen molar-refractivity contribution in [3.63, 3.8) is 0 Å². The van der Waals surface area contributed by atoms with Gasteiger partial charge in [-0.3, -0.25) is 4.79 Å². The van der Waals surface area contributed by atoms with E-state index in [1.807, 2.05) is 28.8 Å². The van der Waals surface area contributed by atoms with E-state index in [1.165, 1.54) is 16.8 Å². The lowest BCUT2D eigenvalue weighted by atomic mass is 10.0. The van der Waals surface area contributed by atoms with Gasteiger partial charge in [-0.1, -0.05) is 18.2 Å². The zero-order chi connectivity index (χ0) is 17.4. The number of fused-ring (bicyclic) bond motifs is 1. The van der Waals surface area contributed by atoms with Gasteiger partial charge < -0.3 is 10.2 Å². The number of likely N-dealkylation sites (N-methyl/N-ethyl adjacent to an activating group) is 1. The Balaban J connectivity index is 0.00000196. The minimum atomic E-state index is 0. The monoisotopic (exact) mass is 374 g/mol. The van der Waals surface area contributed by atoms with Crippen molar-refractivity contribution in [3.8, 4) is 5.69 Å². The molecule has 0 spiro atoms. The van der Waals surface area contributed by atoms with Crippen LogP contribution in [0.5, 0.6) is 0 Å². The average molecular weight is 375 g/mol. The van der Waals surface area contributed by atoms with Crippen LogP contribution in [0.1, 0.15) is 46.6 Å². The van der Waals surface area contributed by atoms with Gasteiger partial charge in [0, 0.05) is 30.4 Å². The maximum Gasteiger partial charge on any atom is 0.274 e. The second kappa shape index (κ2) is 7.80. The number of piperidine rings is 1. The lowest BCUT2D eigenvalue weighted by Gasteiger charge is -2.32. The second-order valence-corrected chi connectivity index (χ2v) is 7.20. The van der Waals surface area contributed by atoms with Crippen LogP contribution in [0.25, 0.3) is 5.69 Å². The number of carbonyl (C=O) groups excluding carboxylic acids is 1. The lowest BCUT2D eigenvalue weighted by Crippen LogP contribution is -2.47. The highest BCUT2D eigenvalue weighted by Crippen LogP contribution is 2.30. The Morgan fingerprint density at radius 1 is 1.23 bits per heavy atom. The number of aromatic nitrogens is 2. The molecule has 6 heteroatoms. The van der Waals surface area contributed by atoms with Crippen molar-refractivity contribution in [2.45, 2.75) is 45.1 Å². The van der Waals surface area contributed by atoms with Crippen molar-refractivity contribution < 1.29 is 4.79 Å². The van der Waals surface area contributed by atoms with Crippen molar-refractivity contribution in [2.75, 3.05) is 20.1 Å². The van der Waals surface area contributed by atoms with Crippen LogP contribution in [0.3, 0.4) is 0 Å². The van der Waals surface area contributed by atoms with E-state index >= 15 is 0 Å². The Morgan fingerprint density at radius 3 is 2.81 bits per heavy atom. The molecule has 26 heavy (non-hydrogen) atoms. The highest BCUT2D eigenvalue weighted by Gasteiger charge is 2.31. The summed E-state index contributed by atoms with van der Waals surface area (Å²) in [5.74, 6) is 0.102. The summed E-state index contributed by atoms with van der Waals surface area (Å²) in [4.78, 5) is 15.2. The van der Waals surface area contributed by atoms with Crippen LogP contribution in [0.2, 0.25) is 0 Å². The summed E-state index contributed by atoms with van der Waals surface area (Å²) < 4.78 is 2.02. The third-order valence-electron chi connectivity index (χ3n) is 5.59. The molecule has 1 amide bonds. The molecule has 0 saturated carbocycles. The van der Waals surface area contributed by atoms with E-state index in [0.717, 1.165) is 50.9 Å². The molecule has 5 nitrogen and oxygen atoms in total. The molecule has 1 unspecified atom stereocenters. The van der Waals surface area contributed by atoms with Crippen LogP contribution < -0.4 is 5.32 Å². The highest BCUT2D eigenvalue weighted by atomic mass is 35.5. The standard InChI is InChI=1S/C20H26N4O.ClH/c1-14-7-3-4-10-17(14)24-18-11-5-9-16(18)19(22-24)20(25)23-12-6-8-15(13-23)21-2;/h3-4,7,10,15,21H,5-6,8-9,11-13H2,1-2H3;1H. The average Bonchev–Trinajstić information content (AvgIpc) is 3.24. The summed E-state index contributed by atoms with van der Waals surface area (Å²) in [7, 11) is 1.98. The molecule has 1 aromatic heterocycles. The number of hydrogen-bond donors (Lipinski definition) is 1. The molecule has 2 aromatic rings. The normalized spacial score (nSPS) is 19.2. The number of nitrogens with zero attached hydrogens (tertiary/aromatic N) is 3. The molecule has 140 valence electrons. The van der Waals surface area contributed by atoms with Gasteiger partial charge in [-0.25, -0.2) is 4.68 Å². The Kier molecular flexibility index (Phi) is 5.68. The fraction of sp³-hybridized carbons (Fsp3) is 0.500. The molecule has 1 N–H and O–H groups in total. The molecule has 1 aliphatic carbocycles. The number of halogens is 1. The third kappa shape index (κ3) is 3.26. The van der Waals surface area contributed by atoms with Crippen LogP contribution >= 0.6 is 12.4 Å². The first-order valence-corrected chi connectivity index (χ1v) is 9.32. The first-order chi connectivity index (χ1) is 12.2. The lowest BCUT2D eigenvalue weighted by molar-refractivity contribution is 0.0690. The highest BCUT2D eigenvalue weighted by molar-refractivity contribution is 5.94. The minimum Gasteiger partial charge on any atom is -0.336 e. The molecule has 2 aliphatic rings. The molecular formula is C20H27ClN4O. The van der Waals surface area contributed by atoms with E-state index in [4.69, 9.17) is 5.10 Å². The van der Waals surface area contributed by atoms with Gasteiger partial charge in [-0.05, 0) is 57.7 Å². The smallest absolute Gasteiger partial charge is 0.274 e. The van der Waals surface area contributed by atoms with Gasteiger partial charge in [0.05, 0.1) is 5.69 Å². The SMILES string of the molecule is CNC1CCCN(C(=O)c2nn(-c3ccccc3C)c3c2CCC3)C1.Cl. The first kappa shape index (κ1) is 18.9. The molecular weight excluding hydrogens is 348 g/mol. The fourth-order valence-corrected chi connectivity index (χ4v) is 4.16. The molecule has 1 aromatic carbocycles. The molecule has 1 fully saturated rings. The largest absolute Gasteiger partial charge is 0.336 e. The van der Waals surface area contributed by atoms with E-state index in [2.05, 4.69) is 24.4 Å². The van der Waals surface area contributed by atoms with Crippen molar-refractivity contribution >= 4 is 18.3 Å². The summed E-state index contributed by atoms with van der Waals surface area (Å²) in [6.07, 6.45) is 5.27. The van der Waals surface area contributed by atoms with Gasteiger partial charge >= 0.3 is 0 Å². The molecule has 2 heterocycles. The number of amides is 1. The summed E-state index contributed by atoms with van der Waals surface area (Å²) in [5, 5.41) is 8.11. The van der Waals surface area contributed by atoms with Crippen molar-refractivity contribution in [1.29, 1.82) is 0 Å². The summed E-state index contributed by atoms with van der Waals surface area (Å²) >= 11 is 0. The van der Waals surface area contributed by atoms with Gasteiger partial charge in [0.25, 0.3) is 5.91 Å². The van der Waals surface area contributed by atoms with Gasteiger partial charge in [0.15, 0.2) is 5.69 Å². The van der Waals surface area contributed by atoms with Crippen LogP contribution in [0.15, 0.2) is 24.3 Å². The van der Waals surface area contributed by atoms with Crippen molar-refractivity contribution in [3.05, 3.63) is 46.8 Å². The zero-order valence-corrected chi connectivity index (χ0v) is 16.3. The summed E-state index contributed by atoms with van der Waals surface area (Å²) in [5.41, 5.74) is 5.34.